The second kappa shape index (κ2) is 6.31. The summed E-state index contributed by atoms with van der Waals surface area (Å²) in [6.45, 7) is 1.97. The number of halogens is 1. The Morgan fingerprint density at radius 3 is 2.65 bits per heavy atom. The molecule has 4 aromatic rings. The molecule has 130 valence electrons. The number of hydrogen-bond donors (Lipinski definition) is 1. The molecule has 2 aromatic heterocycles. The second-order valence-electron chi connectivity index (χ2n) is 5.93. The molecule has 0 saturated heterocycles. The predicted octanol–water partition coefficient (Wildman–Crippen LogP) is 4.01. The summed E-state index contributed by atoms with van der Waals surface area (Å²) < 4.78 is 7.12. The lowest BCUT2D eigenvalue weighted by molar-refractivity contribution is 0.416. The molecule has 7 heteroatoms. The number of aryl methyl sites for hydroxylation is 1. The van der Waals surface area contributed by atoms with Gasteiger partial charge in [0, 0.05) is 16.3 Å². The van der Waals surface area contributed by atoms with Gasteiger partial charge >= 0.3 is 0 Å². The van der Waals surface area contributed by atoms with Gasteiger partial charge in [0.05, 0.1) is 18.4 Å². The highest BCUT2D eigenvalue weighted by Gasteiger charge is 2.15. The molecule has 0 aliphatic carbocycles. The van der Waals surface area contributed by atoms with Gasteiger partial charge in [-0.05, 0) is 48.9 Å². The molecule has 0 radical (unpaired) electrons. The molecule has 2 aromatic carbocycles. The molecule has 2 N–H and O–H groups in total. The Kier molecular flexibility index (Phi) is 3.97. The van der Waals surface area contributed by atoms with Gasteiger partial charge in [0.25, 0.3) is 0 Å². The van der Waals surface area contributed by atoms with Gasteiger partial charge in [0.15, 0.2) is 11.5 Å². The van der Waals surface area contributed by atoms with E-state index < -0.39 is 0 Å². The number of methoxy groups -OCH3 is 1. The maximum atomic E-state index is 6.06. The van der Waals surface area contributed by atoms with Crippen LogP contribution in [0.4, 0.5) is 5.69 Å². The zero-order chi connectivity index (χ0) is 18.3. The Labute approximate surface area is 155 Å². The summed E-state index contributed by atoms with van der Waals surface area (Å²) in [6, 6.07) is 15.0. The first kappa shape index (κ1) is 16.4. The van der Waals surface area contributed by atoms with Crippen LogP contribution >= 0.6 is 11.6 Å². The lowest BCUT2D eigenvalue weighted by Crippen LogP contribution is -1.99. The maximum absolute atomic E-state index is 6.06. The van der Waals surface area contributed by atoms with E-state index in [1.807, 2.05) is 43.3 Å². The Morgan fingerprint density at radius 1 is 1.04 bits per heavy atom. The molecular weight excluding hydrogens is 350 g/mol. The normalized spacial score (nSPS) is 11.0. The number of nitrogens with two attached hydrogens (primary N) is 1. The molecule has 0 unspecified atom stereocenters. The highest BCUT2D eigenvalue weighted by molar-refractivity contribution is 6.30. The molecule has 0 saturated carbocycles. The van der Waals surface area contributed by atoms with Gasteiger partial charge < -0.3 is 10.5 Å². The Morgan fingerprint density at radius 2 is 1.88 bits per heavy atom. The van der Waals surface area contributed by atoms with Crippen molar-refractivity contribution in [1.29, 1.82) is 0 Å². The smallest absolute Gasteiger partial charge is 0.189 e. The van der Waals surface area contributed by atoms with Crippen molar-refractivity contribution in [2.24, 2.45) is 0 Å². The fourth-order valence-corrected chi connectivity index (χ4v) is 2.92. The fourth-order valence-electron chi connectivity index (χ4n) is 2.76. The largest absolute Gasteiger partial charge is 0.496 e. The van der Waals surface area contributed by atoms with Crippen LogP contribution in [-0.2, 0) is 0 Å². The summed E-state index contributed by atoms with van der Waals surface area (Å²) in [4.78, 5) is 0. The van der Waals surface area contributed by atoms with Gasteiger partial charge in [-0.1, -0.05) is 23.7 Å². The number of nitrogens with zero attached hydrogens (tertiary/aromatic N) is 4. The number of anilines is 1. The summed E-state index contributed by atoms with van der Waals surface area (Å²) in [5, 5.41) is 13.8. The van der Waals surface area contributed by atoms with Crippen molar-refractivity contribution in [3.05, 3.63) is 59.1 Å². The topological polar surface area (TPSA) is 78.3 Å². The lowest BCUT2D eigenvalue weighted by atomic mass is 10.1. The molecule has 0 fully saturated rings. The molecule has 0 aliphatic heterocycles. The van der Waals surface area contributed by atoms with Crippen LogP contribution in [0.25, 0.3) is 28.3 Å². The van der Waals surface area contributed by atoms with Gasteiger partial charge in [-0.15, -0.1) is 10.2 Å². The summed E-state index contributed by atoms with van der Waals surface area (Å²) in [5.74, 6) is 1.19. The fraction of sp³-hybridized carbons (Fsp3) is 0.105. The Balaban J connectivity index is 1.89. The number of rotatable bonds is 3. The molecule has 0 amide bonds. The molecule has 0 atom stereocenters. The van der Waals surface area contributed by atoms with E-state index >= 15 is 0 Å². The quantitative estimate of drug-likeness (QED) is 0.555. The Bertz CT molecular complexity index is 1120. The van der Waals surface area contributed by atoms with E-state index in [0.717, 1.165) is 28.1 Å². The van der Waals surface area contributed by atoms with Crippen LogP contribution in [0.2, 0.25) is 5.02 Å². The van der Waals surface area contributed by atoms with Crippen molar-refractivity contribution in [3.8, 4) is 28.4 Å². The van der Waals surface area contributed by atoms with Crippen molar-refractivity contribution in [2.45, 2.75) is 6.92 Å². The molecule has 0 aliphatic rings. The minimum Gasteiger partial charge on any atom is -0.496 e. The predicted molar refractivity (Wildman–Crippen MR) is 102 cm³/mol. The number of nitrogen functional groups attached to an aromatic ring is 1. The molecular formula is C19H16ClN5O. The second-order valence-corrected chi connectivity index (χ2v) is 6.36. The SMILES string of the molecule is COc1cc(Cl)ccc1-c1nnc2ccc(-c3ccc(C)c(N)c3)nn12. The van der Waals surface area contributed by atoms with Crippen LogP contribution in [0.3, 0.4) is 0 Å². The van der Waals surface area contributed by atoms with Crippen LogP contribution in [0.15, 0.2) is 48.5 Å². The van der Waals surface area contributed by atoms with E-state index in [1.165, 1.54) is 0 Å². The number of fused-ring (bicyclic) bond motifs is 1. The lowest BCUT2D eigenvalue weighted by Gasteiger charge is -2.08. The third-order valence-corrected chi connectivity index (χ3v) is 4.48. The van der Waals surface area contributed by atoms with Gasteiger partial charge in [-0.3, -0.25) is 0 Å². The van der Waals surface area contributed by atoms with Crippen molar-refractivity contribution in [2.75, 3.05) is 12.8 Å². The van der Waals surface area contributed by atoms with Crippen molar-refractivity contribution in [1.82, 2.24) is 19.8 Å². The van der Waals surface area contributed by atoms with Crippen LogP contribution in [0.1, 0.15) is 5.56 Å². The van der Waals surface area contributed by atoms with Crippen molar-refractivity contribution < 1.29 is 4.74 Å². The summed E-state index contributed by atoms with van der Waals surface area (Å²) in [7, 11) is 1.59. The van der Waals surface area contributed by atoms with E-state index in [9.17, 15) is 0 Å². The first-order valence-corrected chi connectivity index (χ1v) is 8.37. The van der Waals surface area contributed by atoms with Gasteiger partial charge in [0.2, 0.25) is 0 Å². The number of ether oxygens (including phenoxy) is 1. The van der Waals surface area contributed by atoms with Crippen LogP contribution < -0.4 is 10.5 Å². The third-order valence-electron chi connectivity index (χ3n) is 4.24. The average Bonchev–Trinajstić information content (AvgIpc) is 3.07. The van der Waals surface area contributed by atoms with Crippen LogP contribution in [0, 0.1) is 6.92 Å². The zero-order valence-corrected chi connectivity index (χ0v) is 15.0. The molecule has 2 heterocycles. The first-order valence-electron chi connectivity index (χ1n) is 7.99. The van der Waals surface area contributed by atoms with Gasteiger partial charge in [-0.25, -0.2) is 0 Å². The minimum absolute atomic E-state index is 0.579. The van der Waals surface area contributed by atoms with E-state index in [0.29, 0.717) is 22.2 Å². The zero-order valence-electron chi connectivity index (χ0n) is 14.3. The van der Waals surface area contributed by atoms with Crippen molar-refractivity contribution >= 4 is 22.9 Å². The first-order chi connectivity index (χ1) is 12.6. The average molecular weight is 366 g/mol. The van der Waals surface area contributed by atoms with Gasteiger partial charge in [0.1, 0.15) is 5.75 Å². The van der Waals surface area contributed by atoms with E-state index in [-0.39, 0.29) is 0 Å². The highest BCUT2D eigenvalue weighted by atomic mass is 35.5. The van der Waals surface area contributed by atoms with Crippen LogP contribution in [0.5, 0.6) is 5.75 Å². The monoisotopic (exact) mass is 365 g/mol. The summed E-state index contributed by atoms with van der Waals surface area (Å²) in [6.07, 6.45) is 0. The number of benzene rings is 2. The van der Waals surface area contributed by atoms with E-state index in [2.05, 4.69) is 10.2 Å². The van der Waals surface area contributed by atoms with Crippen molar-refractivity contribution in [3.63, 3.8) is 0 Å². The summed E-state index contributed by atoms with van der Waals surface area (Å²) >= 11 is 6.06. The van der Waals surface area contributed by atoms with Crippen LogP contribution in [-0.4, -0.2) is 26.9 Å². The highest BCUT2D eigenvalue weighted by Crippen LogP contribution is 2.31. The molecule has 0 bridgehead atoms. The number of aromatic nitrogens is 4. The van der Waals surface area contributed by atoms with E-state index in [4.69, 9.17) is 27.2 Å². The molecule has 26 heavy (non-hydrogen) atoms. The standard InChI is InChI=1S/C19H16ClN5O/c1-11-3-4-12(9-15(11)21)16-7-8-18-22-23-19(25(18)24-16)14-6-5-13(20)10-17(14)26-2/h3-10H,21H2,1-2H3. The maximum Gasteiger partial charge on any atom is 0.189 e. The number of hydrogen-bond acceptors (Lipinski definition) is 5. The van der Waals surface area contributed by atoms with Gasteiger partial charge in [-0.2, -0.15) is 9.61 Å². The molecule has 4 rings (SSSR count). The summed E-state index contributed by atoms with van der Waals surface area (Å²) in [5.41, 5.74) is 10.9. The third kappa shape index (κ3) is 2.74. The molecule has 0 spiro atoms. The Hall–Kier alpha value is -3.12. The minimum atomic E-state index is 0.579. The molecule has 6 nitrogen and oxygen atoms in total. The van der Waals surface area contributed by atoms with E-state index in [1.54, 1.807) is 23.8 Å².